The zero-order valence-electron chi connectivity index (χ0n) is 8.72. The van der Waals surface area contributed by atoms with E-state index in [1.165, 1.54) is 0 Å². The van der Waals surface area contributed by atoms with Crippen LogP contribution >= 0.6 is 11.6 Å². The van der Waals surface area contributed by atoms with Crippen molar-refractivity contribution in [3.05, 3.63) is 17.5 Å². The van der Waals surface area contributed by atoms with Gasteiger partial charge in [0.05, 0.1) is 12.7 Å². The van der Waals surface area contributed by atoms with E-state index < -0.39 is 6.10 Å². The van der Waals surface area contributed by atoms with E-state index in [1.807, 2.05) is 7.05 Å². The number of nitrogens with zero attached hydrogens (tertiary/aromatic N) is 3. The Morgan fingerprint density at radius 2 is 2.40 bits per heavy atom. The van der Waals surface area contributed by atoms with Gasteiger partial charge < -0.3 is 14.7 Å². The minimum absolute atomic E-state index is 0.195. The zero-order valence-corrected chi connectivity index (χ0v) is 9.48. The summed E-state index contributed by atoms with van der Waals surface area (Å²) in [6.45, 7) is 0.727. The van der Waals surface area contributed by atoms with Gasteiger partial charge in [0, 0.05) is 26.9 Å². The SMILES string of the molecule is COCC(O)CN(C)c1ccnc(Cl)n1. The van der Waals surface area contributed by atoms with Gasteiger partial charge in [-0.05, 0) is 17.7 Å². The number of anilines is 1. The Hall–Kier alpha value is -0.910. The van der Waals surface area contributed by atoms with Crippen LogP contribution in [0, 0.1) is 0 Å². The Morgan fingerprint density at radius 3 is 3.00 bits per heavy atom. The van der Waals surface area contributed by atoms with Gasteiger partial charge in [-0.15, -0.1) is 0 Å². The van der Waals surface area contributed by atoms with Gasteiger partial charge in [0.2, 0.25) is 5.28 Å². The normalized spacial score (nSPS) is 12.5. The van der Waals surface area contributed by atoms with Crippen molar-refractivity contribution < 1.29 is 9.84 Å². The summed E-state index contributed by atoms with van der Waals surface area (Å²) in [7, 11) is 3.36. The maximum Gasteiger partial charge on any atom is 0.224 e. The Kier molecular flexibility index (Phi) is 4.74. The van der Waals surface area contributed by atoms with Crippen LogP contribution in [0.25, 0.3) is 0 Å². The molecular weight excluding hydrogens is 218 g/mol. The summed E-state index contributed by atoms with van der Waals surface area (Å²) in [4.78, 5) is 9.58. The second-order valence-corrected chi connectivity index (χ2v) is 3.51. The molecule has 84 valence electrons. The Balaban J connectivity index is 2.56. The number of halogens is 1. The molecule has 1 N–H and O–H groups in total. The number of ether oxygens (including phenoxy) is 1. The molecule has 0 spiro atoms. The fourth-order valence-corrected chi connectivity index (χ4v) is 1.34. The Bertz CT molecular complexity index is 311. The van der Waals surface area contributed by atoms with Gasteiger partial charge in [0.25, 0.3) is 0 Å². The first-order valence-electron chi connectivity index (χ1n) is 4.50. The summed E-state index contributed by atoms with van der Waals surface area (Å²) >= 11 is 5.65. The second-order valence-electron chi connectivity index (χ2n) is 3.17. The summed E-state index contributed by atoms with van der Waals surface area (Å²) in [6, 6.07) is 1.73. The van der Waals surface area contributed by atoms with E-state index in [2.05, 4.69) is 9.97 Å². The summed E-state index contributed by atoms with van der Waals surface area (Å²) < 4.78 is 4.83. The molecule has 1 aromatic heterocycles. The van der Waals surface area contributed by atoms with Crippen molar-refractivity contribution in [3.8, 4) is 0 Å². The lowest BCUT2D eigenvalue weighted by Crippen LogP contribution is -2.32. The van der Waals surface area contributed by atoms with Gasteiger partial charge in [-0.2, -0.15) is 0 Å². The predicted molar refractivity (Wildman–Crippen MR) is 58.2 cm³/mol. The highest BCUT2D eigenvalue weighted by Crippen LogP contribution is 2.10. The largest absolute Gasteiger partial charge is 0.389 e. The molecule has 0 radical (unpaired) electrons. The zero-order chi connectivity index (χ0) is 11.3. The van der Waals surface area contributed by atoms with E-state index in [9.17, 15) is 5.11 Å². The highest BCUT2D eigenvalue weighted by molar-refractivity contribution is 6.28. The average Bonchev–Trinajstić information content (AvgIpc) is 2.18. The third kappa shape index (κ3) is 3.99. The van der Waals surface area contributed by atoms with E-state index in [4.69, 9.17) is 16.3 Å². The first-order valence-corrected chi connectivity index (χ1v) is 4.88. The molecule has 0 aliphatic rings. The minimum atomic E-state index is -0.547. The van der Waals surface area contributed by atoms with Crippen LogP contribution in [-0.4, -0.2) is 48.5 Å². The van der Waals surface area contributed by atoms with Gasteiger partial charge in [-0.3, -0.25) is 0 Å². The lowest BCUT2D eigenvalue weighted by molar-refractivity contribution is 0.0694. The molecule has 0 bridgehead atoms. The van der Waals surface area contributed by atoms with E-state index in [1.54, 1.807) is 24.3 Å². The molecule has 0 amide bonds. The van der Waals surface area contributed by atoms with Gasteiger partial charge >= 0.3 is 0 Å². The Labute approximate surface area is 93.7 Å². The van der Waals surface area contributed by atoms with Crippen molar-refractivity contribution in [2.45, 2.75) is 6.10 Å². The smallest absolute Gasteiger partial charge is 0.224 e. The molecule has 1 aromatic rings. The first-order chi connectivity index (χ1) is 7.13. The van der Waals surface area contributed by atoms with Gasteiger partial charge in [-0.1, -0.05) is 0 Å². The molecule has 0 aliphatic carbocycles. The molecule has 0 aliphatic heterocycles. The monoisotopic (exact) mass is 231 g/mol. The minimum Gasteiger partial charge on any atom is -0.389 e. The topological polar surface area (TPSA) is 58.5 Å². The Morgan fingerprint density at radius 1 is 1.67 bits per heavy atom. The second kappa shape index (κ2) is 5.85. The quantitative estimate of drug-likeness (QED) is 0.751. The standard InChI is InChI=1S/C9H14ClN3O2/c1-13(5-7(14)6-15-2)8-3-4-11-9(10)12-8/h3-4,7,14H,5-6H2,1-2H3. The van der Waals surface area contributed by atoms with Crippen LogP contribution in [-0.2, 0) is 4.74 Å². The van der Waals surface area contributed by atoms with Crippen molar-refractivity contribution in [1.82, 2.24) is 9.97 Å². The molecule has 1 rings (SSSR count). The fraction of sp³-hybridized carbons (Fsp3) is 0.556. The summed E-state index contributed by atoms with van der Waals surface area (Å²) in [5, 5.41) is 9.70. The van der Waals surface area contributed by atoms with E-state index >= 15 is 0 Å². The number of aromatic nitrogens is 2. The summed E-state index contributed by atoms with van der Waals surface area (Å²) in [5.74, 6) is 0.671. The van der Waals surface area contributed by atoms with Crippen LogP contribution in [0.2, 0.25) is 5.28 Å². The number of hydrogen-bond donors (Lipinski definition) is 1. The van der Waals surface area contributed by atoms with Gasteiger partial charge in [0.1, 0.15) is 5.82 Å². The van der Waals surface area contributed by atoms with Gasteiger partial charge in [0.15, 0.2) is 0 Å². The molecule has 1 atom stereocenters. The van der Waals surface area contributed by atoms with Crippen LogP contribution in [0.5, 0.6) is 0 Å². The number of rotatable bonds is 5. The summed E-state index contributed by atoms with van der Waals surface area (Å²) in [6.07, 6.45) is 1.03. The third-order valence-corrected chi connectivity index (χ3v) is 2.03. The molecule has 6 heteroatoms. The average molecular weight is 232 g/mol. The van der Waals surface area contributed by atoms with Crippen molar-refractivity contribution in [2.75, 3.05) is 32.2 Å². The molecule has 1 unspecified atom stereocenters. The van der Waals surface area contributed by atoms with Crippen LogP contribution < -0.4 is 4.90 Å². The highest BCUT2D eigenvalue weighted by atomic mass is 35.5. The van der Waals surface area contributed by atoms with Crippen molar-refractivity contribution in [3.63, 3.8) is 0 Å². The lowest BCUT2D eigenvalue weighted by atomic mass is 10.3. The molecule has 0 saturated carbocycles. The predicted octanol–water partition coefficient (Wildman–Crippen LogP) is 0.573. The van der Waals surface area contributed by atoms with Crippen LogP contribution in [0.1, 0.15) is 0 Å². The van der Waals surface area contributed by atoms with E-state index in [0.29, 0.717) is 19.0 Å². The number of hydrogen-bond acceptors (Lipinski definition) is 5. The molecule has 15 heavy (non-hydrogen) atoms. The maximum absolute atomic E-state index is 9.51. The number of aliphatic hydroxyl groups is 1. The molecule has 5 nitrogen and oxygen atoms in total. The molecule has 0 fully saturated rings. The van der Waals surface area contributed by atoms with Crippen LogP contribution in [0.3, 0.4) is 0 Å². The first kappa shape index (κ1) is 12.2. The lowest BCUT2D eigenvalue weighted by Gasteiger charge is -2.21. The molecule has 1 heterocycles. The fourth-order valence-electron chi connectivity index (χ4n) is 1.19. The van der Waals surface area contributed by atoms with Crippen molar-refractivity contribution in [2.24, 2.45) is 0 Å². The highest BCUT2D eigenvalue weighted by Gasteiger charge is 2.09. The molecular formula is C9H14ClN3O2. The van der Waals surface area contributed by atoms with E-state index in [-0.39, 0.29) is 5.28 Å². The van der Waals surface area contributed by atoms with Crippen LogP contribution in [0.4, 0.5) is 5.82 Å². The third-order valence-electron chi connectivity index (χ3n) is 1.85. The summed E-state index contributed by atoms with van der Waals surface area (Å²) in [5.41, 5.74) is 0. The van der Waals surface area contributed by atoms with Gasteiger partial charge in [-0.25, -0.2) is 9.97 Å². The maximum atomic E-state index is 9.51. The number of aliphatic hydroxyl groups excluding tert-OH is 1. The van der Waals surface area contributed by atoms with Crippen molar-refractivity contribution in [1.29, 1.82) is 0 Å². The van der Waals surface area contributed by atoms with Crippen LogP contribution in [0.15, 0.2) is 12.3 Å². The number of likely N-dealkylation sites (N-methyl/N-ethyl adjacent to an activating group) is 1. The van der Waals surface area contributed by atoms with Crippen molar-refractivity contribution >= 4 is 17.4 Å². The number of methoxy groups -OCH3 is 1. The molecule has 0 saturated heterocycles. The van der Waals surface area contributed by atoms with E-state index in [0.717, 1.165) is 0 Å². The molecule has 0 aromatic carbocycles.